The van der Waals surface area contributed by atoms with E-state index in [4.69, 9.17) is 20.2 Å². The van der Waals surface area contributed by atoms with Crippen molar-refractivity contribution in [3.8, 4) is 22.4 Å². The first-order valence-corrected chi connectivity index (χ1v) is 18.1. The average Bonchev–Trinajstić information content (AvgIpc) is 3.97. The van der Waals surface area contributed by atoms with E-state index in [0.717, 1.165) is 62.9 Å². The van der Waals surface area contributed by atoms with E-state index < -0.39 is 24.3 Å². The van der Waals surface area contributed by atoms with Crippen LogP contribution in [0.2, 0.25) is 0 Å². The molecule has 2 aromatic heterocycles. The average molecular weight is 721 g/mol. The monoisotopic (exact) mass is 720 g/mol. The van der Waals surface area contributed by atoms with Gasteiger partial charge in [-0.2, -0.15) is 0 Å². The summed E-state index contributed by atoms with van der Waals surface area (Å²) >= 11 is 0. The molecule has 1 unspecified atom stereocenters. The van der Waals surface area contributed by atoms with Crippen LogP contribution in [0.1, 0.15) is 57.2 Å². The third kappa shape index (κ3) is 7.96. The predicted molar refractivity (Wildman–Crippen MR) is 205 cm³/mol. The second kappa shape index (κ2) is 16.4. The summed E-state index contributed by atoms with van der Waals surface area (Å²) in [6.45, 7) is 8.81. The Morgan fingerprint density at radius 3 is 2.57 bits per heavy atom. The summed E-state index contributed by atoms with van der Waals surface area (Å²) in [6.07, 6.45) is 5.26. The fourth-order valence-corrected chi connectivity index (χ4v) is 6.90. The molecule has 5 N–H and O–H groups in total. The Hall–Kier alpha value is -5.53. The number of amides is 3. The Kier molecular flexibility index (Phi) is 11.5. The van der Waals surface area contributed by atoms with Crippen molar-refractivity contribution < 1.29 is 23.9 Å². The van der Waals surface area contributed by atoms with Crippen LogP contribution in [-0.4, -0.2) is 93.1 Å². The number of carbonyl (C=O) groups excluding carboxylic acids is 3. The Bertz CT molecular complexity index is 2090. The first-order valence-electron chi connectivity index (χ1n) is 18.1. The third-order valence-corrected chi connectivity index (χ3v) is 10.1. The number of imidazole rings is 2. The molecule has 1 aliphatic heterocycles. The number of aromatic nitrogens is 4. The molecule has 0 bridgehead atoms. The Morgan fingerprint density at radius 2 is 1.85 bits per heavy atom. The number of likely N-dealkylation sites (tertiary alicyclic amines) is 1. The molecule has 278 valence electrons. The molecule has 0 radical (unpaired) electrons. The minimum Gasteiger partial charge on any atom is -0.453 e. The maximum absolute atomic E-state index is 13.4. The SMILES string of the molecule is C=CCCN(Cc1ncc(-c2ccc(-c3ccc4c(ccc5[nH]c([C@@H]6CCCN6C(=O)[C@H](CC)NC(=O)OC)nc54)c3)cc2)[nH]1)C(=O)[C@@H](N)C(C)OC. The second-order valence-corrected chi connectivity index (χ2v) is 13.4. The molecular formula is C40H48N8O5. The lowest BCUT2D eigenvalue weighted by Gasteiger charge is -2.27. The highest BCUT2D eigenvalue weighted by Crippen LogP contribution is 2.35. The molecule has 6 rings (SSSR count). The van der Waals surface area contributed by atoms with Crippen molar-refractivity contribution in [2.45, 2.75) is 70.3 Å². The number of nitrogens with two attached hydrogens (primary N) is 1. The van der Waals surface area contributed by atoms with Gasteiger partial charge in [0.1, 0.15) is 23.7 Å². The minimum absolute atomic E-state index is 0.134. The number of fused-ring (bicyclic) bond motifs is 3. The number of nitrogens with zero attached hydrogens (tertiary/aromatic N) is 4. The van der Waals surface area contributed by atoms with E-state index in [2.05, 4.69) is 75.4 Å². The van der Waals surface area contributed by atoms with Crippen LogP contribution in [0.25, 0.3) is 44.2 Å². The summed E-state index contributed by atoms with van der Waals surface area (Å²) in [5.41, 5.74) is 11.9. The highest BCUT2D eigenvalue weighted by atomic mass is 16.5. The van der Waals surface area contributed by atoms with Gasteiger partial charge in [0.05, 0.1) is 48.7 Å². The molecule has 13 heteroatoms. The van der Waals surface area contributed by atoms with E-state index in [1.807, 2.05) is 17.9 Å². The first kappa shape index (κ1) is 37.2. The number of rotatable bonds is 14. The van der Waals surface area contributed by atoms with E-state index in [-0.39, 0.29) is 17.9 Å². The number of methoxy groups -OCH3 is 2. The maximum Gasteiger partial charge on any atom is 0.407 e. The van der Waals surface area contributed by atoms with Gasteiger partial charge >= 0.3 is 6.09 Å². The van der Waals surface area contributed by atoms with Gasteiger partial charge in [0.25, 0.3) is 0 Å². The zero-order valence-electron chi connectivity index (χ0n) is 30.7. The van der Waals surface area contributed by atoms with Crippen LogP contribution in [0.4, 0.5) is 4.79 Å². The van der Waals surface area contributed by atoms with Crippen LogP contribution in [0.5, 0.6) is 0 Å². The third-order valence-electron chi connectivity index (χ3n) is 10.1. The van der Waals surface area contributed by atoms with E-state index in [9.17, 15) is 14.4 Å². The van der Waals surface area contributed by atoms with E-state index >= 15 is 0 Å². The summed E-state index contributed by atoms with van der Waals surface area (Å²) in [4.78, 5) is 58.3. The van der Waals surface area contributed by atoms with Crippen LogP contribution >= 0.6 is 0 Å². The van der Waals surface area contributed by atoms with Gasteiger partial charge in [-0.25, -0.2) is 14.8 Å². The lowest BCUT2D eigenvalue weighted by atomic mass is 9.99. The fourth-order valence-electron chi connectivity index (χ4n) is 6.90. The number of aromatic amines is 2. The van der Waals surface area contributed by atoms with E-state index in [0.29, 0.717) is 38.3 Å². The number of hydrogen-bond donors (Lipinski definition) is 4. The fraction of sp³-hybridized carbons (Fsp3) is 0.375. The van der Waals surface area contributed by atoms with Gasteiger partial charge in [-0.05, 0) is 66.8 Å². The van der Waals surface area contributed by atoms with Gasteiger partial charge in [0, 0.05) is 25.6 Å². The van der Waals surface area contributed by atoms with Crippen molar-refractivity contribution >= 4 is 39.7 Å². The number of hydrogen-bond acceptors (Lipinski definition) is 8. The van der Waals surface area contributed by atoms with E-state index in [1.54, 1.807) is 31.2 Å². The van der Waals surface area contributed by atoms with Gasteiger partial charge in [-0.1, -0.05) is 55.5 Å². The topological polar surface area (TPSA) is 172 Å². The molecule has 1 saturated heterocycles. The number of benzene rings is 3. The van der Waals surface area contributed by atoms with Gasteiger partial charge < -0.3 is 40.3 Å². The van der Waals surface area contributed by atoms with Crippen LogP contribution < -0.4 is 11.1 Å². The molecule has 5 aromatic rings. The zero-order chi connectivity index (χ0) is 37.6. The van der Waals surface area contributed by atoms with Gasteiger partial charge in [0.15, 0.2) is 0 Å². The normalized spacial score (nSPS) is 16.0. The van der Waals surface area contributed by atoms with Crippen molar-refractivity contribution in [1.82, 2.24) is 35.1 Å². The summed E-state index contributed by atoms with van der Waals surface area (Å²) in [7, 11) is 2.83. The Labute approximate surface area is 308 Å². The van der Waals surface area contributed by atoms with Crippen molar-refractivity contribution in [3.05, 3.63) is 85.1 Å². The molecule has 0 saturated carbocycles. The second-order valence-electron chi connectivity index (χ2n) is 13.4. The molecule has 53 heavy (non-hydrogen) atoms. The Balaban J connectivity index is 1.17. The van der Waals surface area contributed by atoms with Gasteiger partial charge in [0.2, 0.25) is 11.8 Å². The molecule has 1 fully saturated rings. The molecule has 13 nitrogen and oxygen atoms in total. The van der Waals surface area contributed by atoms with E-state index in [1.165, 1.54) is 7.11 Å². The first-order chi connectivity index (χ1) is 25.6. The molecule has 4 atom stereocenters. The summed E-state index contributed by atoms with van der Waals surface area (Å²) in [5.74, 6) is 1.07. The maximum atomic E-state index is 13.4. The van der Waals surface area contributed by atoms with Crippen LogP contribution in [0.3, 0.4) is 0 Å². The molecule has 1 aliphatic rings. The molecule has 3 amide bonds. The predicted octanol–water partition coefficient (Wildman–Crippen LogP) is 5.84. The summed E-state index contributed by atoms with van der Waals surface area (Å²) in [5, 5.41) is 4.73. The van der Waals surface area contributed by atoms with Crippen molar-refractivity contribution in [2.24, 2.45) is 5.73 Å². The van der Waals surface area contributed by atoms with Gasteiger partial charge in [-0.15, -0.1) is 6.58 Å². The standard InChI is InChI=1S/C40H48N8O5/c1-6-8-19-47(39(50)35(41)24(3)52-4)23-34-42-22-32(43-34)26-13-11-25(12-14-26)27-15-17-29-28(21-27)16-18-31-36(29)46-37(44-31)33-10-9-20-48(33)38(49)30(7-2)45-40(51)53-5/h6,11-18,21-22,24,30,33,35H,1,7-10,19-20,23,41H2,2-5H3,(H,42,43)(H,44,46)(H,45,51)/t24?,30-,33-,35-/m0/s1. The van der Waals surface area contributed by atoms with Crippen LogP contribution in [-0.2, 0) is 25.6 Å². The van der Waals surface area contributed by atoms with Gasteiger partial charge in [-0.3, -0.25) is 9.59 Å². The molecule has 0 aliphatic carbocycles. The molecule has 3 aromatic carbocycles. The summed E-state index contributed by atoms with van der Waals surface area (Å²) in [6, 6.07) is 17.1. The number of ether oxygens (including phenoxy) is 2. The van der Waals surface area contributed by atoms with Crippen molar-refractivity contribution in [3.63, 3.8) is 0 Å². The summed E-state index contributed by atoms with van der Waals surface area (Å²) < 4.78 is 10.0. The van der Waals surface area contributed by atoms with Crippen molar-refractivity contribution in [1.29, 1.82) is 0 Å². The lowest BCUT2D eigenvalue weighted by molar-refractivity contribution is -0.136. The molecule has 3 heterocycles. The highest BCUT2D eigenvalue weighted by Gasteiger charge is 2.36. The van der Waals surface area contributed by atoms with Crippen LogP contribution in [0.15, 0.2) is 73.4 Å². The van der Waals surface area contributed by atoms with Crippen LogP contribution in [0, 0.1) is 0 Å². The largest absolute Gasteiger partial charge is 0.453 e. The quantitative estimate of drug-likeness (QED) is 0.104. The number of H-pyrrole nitrogens is 2. The number of nitrogens with one attached hydrogen (secondary N) is 3. The lowest BCUT2D eigenvalue weighted by Crippen LogP contribution is -2.49. The highest BCUT2D eigenvalue weighted by molar-refractivity contribution is 6.05. The molecular weight excluding hydrogens is 672 g/mol. The molecule has 0 spiro atoms. The minimum atomic E-state index is -0.775. The number of carbonyl (C=O) groups is 3. The number of alkyl carbamates (subject to hydrolysis) is 1. The zero-order valence-corrected chi connectivity index (χ0v) is 30.7. The van der Waals surface area contributed by atoms with Crippen molar-refractivity contribution in [2.75, 3.05) is 27.3 Å². The smallest absolute Gasteiger partial charge is 0.407 e. The Morgan fingerprint density at radius 1 is 1.09 bits per heavy atom.